The van der Waals surface area contributed by atoms with Crippen LogP contribution in [0.15, 0.2) is 10.6 Å². The summed E-state index contributed by atoms with van der Waals surface area (Å²) in [5, 5.41) is 8.74. The highest BCUT2D eigenvalue weighted by Crippen LogP contribution is 2.18. The van der Waals surface area contributed by atoms with E-state index in [0.29, 0.717) is 4.48 Å². The van der Waals surface area contributed by atoms with Crippen molar-refractivity contribution in [3.8, 4) is 0 Å². The van der Waals surface area contributed by atoms with E-state index in [-0.39, 0.29) is 12.2 Å². The molecule has 1 rings (SSSR count). The molecule has 3 heteroatoms. The van der Waals surface area contributed by atoms with Crippen LogP contribution in [0, 0.1) is 0 Å². The molecule has 0 aromatic carbocycles. The summed E-state index contributed by atoms with van der Waals surface area (Å²) in [6.45, 7) is 0. The molecule has 44 valence electrons. The normalized spacial score (nSPS) is 28.5. The van der Waals surface area contributed by atoms with Crippen LogP contribution in [0.5, 0.6) is 0 Å². The van der Waals surface area contributed by atoms with Crippen molar-refractivity contribution in [3.05, 3.63) is 10.6 Å². The first-order valence-electron chi connectivity index (χ1n) is 2.29. The fourth-order valence-electron chi connectivity index (χ4n) is 0.608. The molecular formula is C5H5BrO2. The molecule has 1 N–H and O–H groups in total. The number of allylic oxidation sites excluding steroid dienone is 1. The van der Waals surface area contributed by atoms with E-state index < -0.39 is 6.10 Å². The maximum Gasteiger partial charge on any atom is 0.172 e. The van der Waals surface area contributed by atoms with Gasteiger partial charge in [0, 0.05) is 6.42 Å². The molecule has 1 atom stereocenters. The van der Waals surface area contributed by atoms with E-state index in [1.165, 1.54) is 6.08 Å². The summed E-state index contributed by atoms with van der Waals surface area (Å²) in [5.74, 6) is -0.0162. The number of aliphatic hydroxyl groups excluding tert-OH is 1. The molecule has 0 radical (unpaired) electrons. The van der Waals surface area contributed by atoms with Crippen LogP contribution in [-0.2, 0) is 4.79 Å². The van der Waals surface area contributed by atoms with Gasteiger partial charge >= 0.3 is 0 Å². The van der Waals surface area contributed by atoms with Crippen LogP contribution in [0.25, 0.3) is 0 Å². The molecule has 0 amide bonds. The summed E-state index contributed by atoms with van der Waals surface area (Å²) in [6.07, 6.45) is 1.18. The Kier molecular flexibility index (Phi) is 1.49. The average molecular weight is 177 g/mol. The van der Waals surface area contributed by atoms with Crippen molar-refractivity contribution in [2.75, 3.05) is 0 Å². The molecule has 0 saturated heterocycles. The van der Waals surface area contributed by atoms with Crippen molar-refractivity contribution in [1.29, 1.82) is 0 Å². The number of aliphatic hydroxyl groups is 1. The highest BCUT2D eigenvalue weighted by Gasteiger charge is 2.19. The van der Waals surface area contributed by atoms with Gasteiger partial charge in [-0.15, -0.1) is 0 Å². The number of rotatable bonds is 0. The minimum absolute atomic E-state index is 0.0162. The van der Waals surface area contributed by atoms with Gasteiger partial charge in [0.25, 0.3) is 0 Å². The van der Waals surface area contributed by atoms with Gasteiger partial charge in [-0.2, -0.15) is 0 Å². The van der Waals surface area contributed by atoms with Gasteiger partial charge in [0.2, 0.25) is 0 Å². The quantitative estimate of drug-likeness (QED) is 0.588. The van der Waals surface area contributed by atoms with Gasteiger partial charge < -0.3 is 5.11 Å². The minimum Gasteiger partial charge on any atom is -0.389 e. The zero-order valence-electron chi connectivity index (χ0n) is 4.10. The number of ketones is 1. The molecule has 0 aromatic heterocycles. The van der Waals surface area contributed by atoms with Gasteiger partial charge in [-0.3, -0.25) is 4.79 Å². The van der Waals surface area contributed by atoms with Crippen molar-refractivity contribution in [2.24, 2.45) is 0 Å². The highest BCUT2D eigenvalue weighted by molar-refractivity contribution is 9.12. The molecule has 0 heterocycles. The Bertz CT molecular complexity index is 151. The van der Waals surface area contributed by atoms with Crippen LogP contribution in [0.3, 0.4) is 0 Å². The van der Waals surface area contributed by atoms with Gasteiger partial charge in [-0.1, -0.05) is 0 Å². The fourth-order valence-corrected chi connectivity index (χ4v) is 1.08. The molecule has 0 saturated carbocycles. The zero-order valence-corrected chi connectivity index (χ0v) is 5.68. The van der Waals surface area contributed by atoms with E-state index >= 15 is 0 Å². The van der Waals surface area contributed by atoms with Gasteiger partial charge in [0.05, 0.1) is 10.6 Å². The van der Waals surface area contributed by atoms with Crippen molar-refractivity contribution in [3.63, 3.8) is 0 Å². The Labute approximate surface area is 55.3 Å². The molecule has 0 unspecified atom stereocenters. The average Bonchev–Trinajstić information content (AvgIpc) is 1.85. The monoisotopic (exact) mass is 176 g/mol. The second-order valence-electron chi connectivity index (χ2n) is 1.71. The minimum atomic E-state index is -0.558. The van der Waals surface area contributed by atoms with Gasteiger partial charge in [-0.25, -0.2) is 0 Å². The Morgan fingerprint density at radius 3 is 2.62 bits per heavy atom. The third-order valence-corrected chi connectivity index (χ3v) is 1.71. The van der Waals surface area contributed by atoms with E-state index in [0.717, 1.165) is 0 Å². The topological polar surface area (TPSA) is 37.3 Å². The maximum atomic E-state index is 10.5. The van der Waals surface area contributed by atoms with Gasteiger partial charge in [0.1, 0.15) is 0 Å². The molecular weight excluding hydrogens is 172 g/mol. The predicted octanol–water partition coefficient (Wildman–Crippen LogP) is 0.599. The number of Topliss-reactive ketones (excluding diaryl/α,β-unsaturated/α-hetero) is 1. The summed E-state index contributed by atoms with van der Waals surface area (Å²) >= 11 is 3.00. The summed E-state index contributed by atoms with van der Waals surface area (Å²) in [5.41, 5.74) is 0. The fraction of sp³-hybridized carbons (Fsp3) is 0.400. The van der Waals surface area contributed by atoms with Gasteiger partial charge in [0.15, 0.2) is 5.78 Å². The Hall–Kier alpha value is -0.150. The molecule has 0 bridgehead atoms. The molecule has 0 aliphatic heterocycles. The van der Waals surface area contributed by atoms with Crippen molar-refractivity contribution in [1.82, 2.24) is 0 Å². The number of hydrogen-bond donors (Lipinski definition) is 1. The third kappa shape index (κ3) is 0.980. The van der Waals surface area contributed by atoms with E-state index in [2.05, 4.69) is 15.9 Å². The smallest absolute Gasteiger partial charge is 0.172 e. The van der Waals surface area contributed by atoms with Crippen molar-refractivity contribution < 1.29 is 9.90 Å². The van der Waals surface area contributed by atoms with E-state index in [1.807, 2.05) is 0 Å². The van der Waals surface area contributed by atoms with Crippen LogP contribution in [-0.4, -0.2) is 17.0 Å². The predicted molar refractivity (Wildman–Crippen MR) is 32.6 cm³/mol. The van der Waals surface area contributed by atoms with E-state index in [4.69, 9.17) is 5.11 Å². The van der Waals surface area contributed by atoms with Gasteiger partial charge in [-0.05, 0) is 22.0 Å². The second-order valence-corrected chi connectivity index (χ2v) is 2.56. The Balaban J connectivity index is 2.73. The SMILES string of the molecule is O=C1C[C@@H](O)C=C1Br. The second kappa shape index (κ2) is 1.99. The molecule has 2 nitrogen and oxygen atoms in total. The first-order valence-corrected chi connectivity index (χ1v) is 3.08. The Morgan fingerprint density at radius 2 is 2.50 bits per heavy atom. The lowest BCUT2D eigenvalue weighted by atomic mass is 10.3. The molecule has 0 fully saturated rings. The molecule has 0 spiro atoms. The van der Waals surface area contributed by atoms with Crippen LogP contribution in [0.2, 0.25) is 0 Å². The Morgan fingerprint density at radius 1 is 1.88 bits per heavy atom. The standard InChI is InChI=1S/C5H5BrO2/c6-4-1-3(7)2-5(4)8/h1,3,7H,2H2/t3-/m0/s1. The lowest BCUT2D eigenvalue weighted by Gasteiger charge is -1.88. The summed E-state index contributed by atoms with van der Waals surface area (Å²) in [4.78, 5) is 10.5. The summed E-state index contributed by atoms with van der Waals surface area (Å²) in [6, 6.07) is 0. The molecule has 0 aromatic rings. The maximum absolute atomic E-state index is 10.5. The number of halogens is 1. The van der Waals surface area contributed by atoms with Crippen LogP contribution < -0.4 is 0 Å². The first kappa shape index (κ1) is 5.98. The molecule has 8 heavy (non-hydrogen) atoms. The first-order chi connectivity index (χ1) is 3.70. The van der Waals surface area contributed by atoms with Crippen LogP contribution >= 0.6 is 15.9 Å². The third-order valence-electron chi connectivity index (χ3n) is 1.000. The molecule has 1 aliphatic carbocycles. The molecule has 1 aliphatic rings. The van der Waals surface area contributed by atoms with E-state index in [9.17, 15) is 4.79 Å². The zero-order chi connectivity index (χ0) is 6.15. The largest absolute Gasteiger partial charge is 0.389 e. The lowest BCUT2D eigenvalue weighted by molar-refractivity contribution is -0.115. The van der Waals surface area contributed by atoms with Crippen LogP contribution in [0.4, 0.5) is 0 Å². The lowest BCUT2D eigenvalue weighted by Crippen LogP contribution is -1.99. The highest BCUT2D eigenvalue weighted by atomic mass is 79.9. The number of carbonyl (C=O) groups excluding carboxylic acids is 1. The summed E-state index contributed by atoms with van der Waals surface area (Å²) in [7, 11) is 0. The van der Waals surface area contributed by atoms with E-state index in [1.54, 1.807) is 0 Å². The van der Waals surface area contributed by atoms with Crippen molar-refractivity contribution in [2.45, 2.75) is 12.5 Å². The summed E-state index contributed by atoms with van der Waals surface area (Å²) < 4.78 is 0.505. The number of hydrogen-bond acceptors (Lipinski definition) is 2. The number of carbonyl (C=O) groups is 1. The van der Waals surface area contributed by atoms with Crippen molar-refractivity contribution >= 4 is 21.7 Å². The van der Waals surface area contributed by atoms with Crippen LogP contribution in [0.1, 0.15) is 6.42 Å².